The van der Waals surface area contributed by atoms with Crippen molar-refractivity contribution >= 4 is 21.7 Å². The molecule has 6 nitrogen and oxygen atoms in total. The average molecular weight is 536 g/mol. The lowest BCUT2D eigenvalue weighted by molar-refractivity contribution is -0.173. The lowest BCUT2D eigenvalue weighted by Gasteiger charge is -2.63. The first-order valence-electron chi connectivity index (χ1n) is 15.2. The highest BCUT2D eigenvalue weighted by molar-refractivity contribution is 6.09. The quantitative estimate of drug-likeness (QED) is 0.340. The maximum Gasteiger partial charge on any atom is 0.166 e. The molecule has 2 fully saturated rings. The van der Waals surface area contributed by atoms with E-state index in [-0.39, 0.29) is 17.9 Å². The van der Waals surface area contributed by atoms with Gasteiger partial charge in [-0.1, -0.05) is 30.3 Å². The Morgan fingerprint density at radius 3 is 2.73 bits per heavy atom. The van der Waals surface area contributed by atoms with Gasteiger partial charge in [-0.2, -0.15) is 0 Å². The summed E-state index contributed by atoms with van der Waals surface area (Å²) < 4.78 is 9.41. The molecule has 5 aliphatic rings. The van der Waals surface area contributed by atoms with Crippen molar-refractivity contribution in [2.24, 2.45) is 11.7 Å². The Morgan fingerprint density at radius 1 is 1.10 bits per heavy atom. The molecule has 4 atom stereocenters. The summed E-state index contributed by atoms with van der Waals surface area (Å²) in [6.45, 7) is 5.64. The summed E-state index contributed by atoms with van der Waals surface area (Å²) in [4.78, 5) is 2.60. The Labute approximate surface area is 234 Å². The monoisotopic (exact) mass is 535 g/mol. The summed E-state index contributed by atoms with van der Waals surface area (Å²) in [6, 6.07) is 14.9. The number of aromatic hydroxyl groups is 1. The molecule has 1 saturated heterocycles. The Bertz CT molecular complexity index is 1740. The maximum atomic E-state index is 13.2. The first kappa shape index (κ1) is 23.6. The van der Waals surface area contributed by atoms with Crippen LogP contribution in [0.25, 0.3) is 21.7 Å². The molecular weight excluding hydrogens is 498 g/mol. The third kappa shape index (κ3) is 2.71. The van der Waals surface area contributed by atoms with Crippen LogP contribution in [0.2, 0.25) is 0 Å². The van der Waals surface area contributed by atoms with Crippen molar-refractivity contribution in [1.82, 2.24) is 9.47 Å². The van der Waals surface area contributed by atoms with E-state index in [0.717, 1.165) is 50.4 Å². The fourth-order valence-corrected chi connectivity index (χ4v) is 9.37. The number of phenolic OH excluding ortho intramolecular Hbond substituents is 1. The number of aromatic nitrogens is 1. The topological polar surface area (TPSA) is 83.9 Å². The highest BCUT2D eigenvalue weighted by Gasteiger charge is 2.73. The Balaban J connectivity index is 1.37. The third-order valence-electron chi connectivity index (χ3n) is 11.2. The minimum atomic E-state index is -0.976. The highest BCUT2D eigenvalue weighted by atomic mass is 16.5. The van der Waals surface area contributed by atoms with E-state index in [1.807, 2.05) is 0 Å². The normalized spacial score (nSPS) is 30.0. The first-order chi connectivity index (χ1) is 19.5. The van der Waals surface area contributed by atoms with Gasteiger partial charge in [-0.25, -0.2) is 0 Å². The standard InChI is InChI=1S/C34H37N3O3/c1-19-15-24-25-17-34(39)27-16-21-9-10-26(38)31-28(21)33(34,11-14-36(27)18-20-7-8-20)32(40-31)30(25)37(13-4-12-35)29(24)23-6-3-2-5-22(19)23/h2-3,5-6,9-10,15,20,27,32,38-39H,4,7-8,11-14,16-18,35H2,1H3/t27-,32+,33+,34-/m1/s1. The summed E-state index contributed by atoms with van der Waals surface area (Å²) in [5, 5.41) is 28.1. The van der Waals surface area contributed by atoms with Crippen molar-refractivity contribution in [3.63, 3.8) is 0 Å². The minimum absolute atomic E-state index is 0.0353. The number of aryl methyl sites for hydroxylation is 2. The molecule has 2 bridgehead atoms. The molecule has 2 aliphatic heterocycles. The summed E-state index contributed by atoms with van der Waals surface area (Å²) in [5.41, 5.74) is 11.7. The van der Waals surface area contributed by atoms with Crippen molar-refractivity contribution in [3.05, 3.63) is 70.4 Å². The molecule has 1 spiro atoms. The maximum absolute atomic E-state index is 13.2. The fraction of sp³-hybridized carbons (Fsp3) is 0.471. The van der Waals surface area contributed by atoms with Gasteiger partial charge in [0.25, 0.3) is 0 Å². The molecule has 3 heterocycles. The number of nitrogens with two attached hydrogens (primary N) is 1. The zero-order chi connectivity index (χ0) is 27.0. The number of phenols is 1. The van der Waals surface area contributed by atoms with Gasteiger partial charge < -0.3 is 25.3 Å². The van der Waals surface area contributed by atoms with Gasteiger partial charge in [-0.3, -0.25) is 4.90 Å². The molecule has 0 unspecified atom stereocenters. The van der Waals surface area contributed by atoms with Crippen LogP contribution in [0.5, 0.6) is 11.5 Å². The van der Waals surface area contributed by atoms with Gasteiger partial charge in [0, 0.05) is 41.9 Å². The highest BCUT2D eigenvalue weighted by Crippen LogP contribution is 2.69. The van der Waals surface area contributed by atoms with Crippen molar-refractivity contribution < 1.29 is 14.9 Å². The van der Waals surface area contributed by atoms with Gasteiger partial charge in [0.15, 0.2) is 17.6 Å². The van der Waals surface area contributed by atoms with Crippen molar-refractivity contribution in [2.75, 3.05) is 19.6 Å². The molecule has 40 heavy (non-hydrogen) atoms. The number of piperidine rings is 1. The smallest absolute Gasteiger partial charge is 0.166 e. The summed E-state index contributed by atoms with van der Waals surface area (Å²) >= 11 is 0. The Morgan fingerprint density at radius 2 is 1.93 bits per heavy atom. The van der Waals surface area contributed by atoms with E-state index in [4.69, 9.17) is 10.5 Å². The van der Waals surface area contributed by atoms with E-state index in [9.17, 15) is 10.2 Å². The van der Waals surface area contributed by atoms with Gasteiger partial charge in [-0.15, -0.1) is 0 Å². The number of hydrogen-bond donors (Lipinski definition) is 3. The number of rotatable bonds is 5. The molecule has 206 valence electrons. The molecule has 6 heteroatoms. The van der Waals surface area contributed by atoms with Gasteiger partial charge >= 0.3 is 0 Å². The van der Waals surface area contributed by atoms with Crippen LogP contribution in [0.4, 0.5) is 0 Å². The predicted molar refractivity (Wildman–Crippen MR) is 156 cm³/mol. The number of nitrogens with zero attached hydrogens (tertiary/aromatic N) is 2. The van der Waals surface area contributed by atoms with E-state index < -0.39 is 11.0 Å². The molecule has 4 N–H and O–H groups in total. The Hall–Kier alpha value is -3.06. The number of hydrogen-bond acceptors (Lipinski definition) is 5. The molecular formula is C34H37N3O3. The fourth-order valence-electron chi connectivity index (χ4n) is 9.37. The van der Waals surface area contributed by atoms with Crippen LogP contribution in [0.1, 0.15) is 59.7 Å². The van der Waals surface area contributed by atoms with E-state index in [1.54, 1.807) is 6.07 Å². The second-order valence-electron chi connectivity index (χ2n) is 13.2. The lowest BCUT2D eigenvalue weighted by atomic mass is 9.49. The molecule has 0 amide bonds. The molecule has 3 aromatic carbocycles. The van der Waals surface area contributed by atoms with Crippen LogP contribution >= 0.6 is 0 Å². The third-order valence-corrected chi connectivity index (χ3v) is 11.2. The SMILES string of the molecule is Cc1cc2c3c(n(CCCN)c2c2ccccc12)[C@@H]1Oc2c(O)ccc4c2[C@@]12CCN(CC1CC1)[C@H](C4)[C@]2(O)C3. The van der Waals surface area contributed by atoms with E-state index in [2.05, 4.69) is 52.8 Å². The Kier molecular flexibility index (Phi) is 4.61. The van der Waals surface area contributed by atoms with Gasteiger partial charge in [-0.05, 0) is 92.2 Å². The first-order valence-corrected chi connectivity index (χ1v) is 15.2. The molecule has 9 rings (SSSR count). The van der Waals surface area contributed by atoms with E-state index >= 15 is 0 Å². The summed E-state index contributed by atoms with van der Waals surface area (Å²) in [7, 11) is 0. The largest absolute Gasteiger partial charge is 0.504 e. The van der Waals surface area contributed by atoms with Crippen LogP contribution in [0.15, 0.2) is 42.5 Å². The second kappa shape index (κ2) is 7.81. The zero-order valence-electron chi connectivity index (χ0n) is 23.1. The van der Waals surface area contributed by atoms with Crippen molar-refractivity contribution in [1.29, 1.82) is 0 Å². The van der Waals surface area contributed by atoms with Crippen LogP contribution in [0.3, 0.4) is 0 Å². The van der Waals surface area contributed by atoms with Gasteiger partial charge in [0.1, 0.15) is 0 Å². The van der Waals surface area contributed by atoms with Crippen LogP contribution in [-0.4, -0.2) is 51.0 Å². The number of benzene rings is 3. The number of aliphatic hydroxyl groups is 1. The van der Waals surface area contributed by atoms with Gasteiger partial charge in [0.05, 0.1) is 22.2 Å². The molecule has 3 aliphatic carbocycles. The molecule has 4 aromatic rings. The van der Waals surface area contributed by atoms with Crippen LogP contribution in [-0.2, 0) is 24.8 Å². The van der Waals surface area contributed by atoms with Crippen LogP contribution in [0, 0.1) is 12.8 Å². The molecule has 1 saturated carbocycles. The van der Waals surface area contributed by atoms with Crippen molar-refractivity contribution in [3.8, 4) is 11.5 Å². The number of likely N-dealkylation sites (tertiary alicyclic amines) is 1. The van der Waals surface area contributed by atoms with E-state index in [1.165, 1.54) is 56.9 Å². The van der Waals surface area contributed by atoms with E-state index in [0.29, 0.717) is 18.7 Å². The van der Waals surface area contributed by atoms with Crippen LogP contribution < -0.4 is 10.5 Å². The zero-order valence-corrected chi connectivity index (χ0v) is 23.1. The molecule has 1 aromatic heterocycles. The average Bonchev–Trinajstić information content (AvgIpc) is 3.62. The summed E-state index contributed by atoms with van der Waals surface area (Å²) in [6.07, 6.45) is 5.36. The molecule has 0 radical (unpaired) electrons. The summed E-state index contributed by atoms with van der Waals surface area (Å²) in [5.74, 6) is 1.55. The van der Waals surface area contributed by atoms with Gasteiger partial charge in [0.2, 0.25) is 0 Å². The predicted octanol–water partition coefficient (Wildman–Crippen LogP) is 4.86. The minimum Gasteiger partial charge on any atom is -0.504 e. The second-order valence-corrected chi connectivity index (χ2v) is 13.2. The lowest BCUT2D eigenvalue weighted by Crippen LogP contribution is -2.74. The number of fused-ring (bicyclic) bond motifs is 6. The number of ether oxygens (including phenoxy) is 1. The van der Waals surface area contributed by atoms with Crippen molar-refractivity contribution in [2.45, 2.75) is 75.2 Å².